The van der Waals surface area contributed by atoms with Crippen molar-refractivity contribution in [2.75, 3.05) is 6.61 Å². The van der Waals surface area contributed by atoms with E-state index in [1.165, 1.54) is 6.07 Å². The Balaban J connectivity index is 1.77. The SMILES string of the molecule is OC(CCCC1CCCO1)c1ccccc1F. The van der Waals surface area contributed by atoms with Crippen LogP contribution in [0.15, 0.2) is 24.3 Å². The van der Waals surface area contributed by atoms with Crippen LogP contribution in [0.5, 0.6) is 0 Å². The summed E-state index contributed by atoms with van der Waals surface area (Å²) in [6.45, 7) is 0.862. The molecule has 1 aromatic rings. The van der Waals surface area contributed by atoms with Gasteiger partial charge in [0, 0.05) is 12.2 Å². The molecule has 1 N–H and O–H groups in total. The fourth-order valence-electron chi connectivity index (χ4n) is 2.31. The Morgan fingerprint density at radius 1 is 1.41 bits per heavy atom. The van der Waals surface area contributed by atoms with E-state index in [1.54, 1.807) is 18.2 Å². The monoisotopic (exact) mass is 238 g/mol. The minimum absolute atomic E-state index is 0.322. The summed E-state index contributed by atoms with van der Waals surface area (Å²) in [5.41, 5.74) is 0.403. The first kappa shape index (κ1) is 12.5. The van der Waals surface area contributed by atoms with E-state index in [2.05, 4.69) is 0 Å². The van der Waals surface area contributed by atoms with Crippen molar-refractivity contribution < 1.29 is 14.2 Å². The van der Waals surface area contributed by atoms with Gasteiger partial charge >= 0.3 is 0 Å². The van der Waals surface area contributed by atoms with Crippen LogP contribution in [0.3, 0.4) is 0 Å². The van der Waals surface area contributed by atoms with Gasteiger partial charge in [0.25, 0.3) is 0 Å². The van der Waals surface area contributed by atoms with Gasteiger partial charge in [-0.1, -0.05) is 18.2 Å². The lowest BCUT2D eigenvalue weighted by Gasteiger charge is -2.13. The zero-order valence-corrected chi connectivity index (χ0v) is 9.94. The number of ether oxygens (including phenoxy) is 1. The predicted octanol–water partition coefficient (Wildman–Crippen LogP) is 3.21. The van der Waals surface area contributed by atoms with Crippen LogP contribution in [0, 0.1) is 5.82 Å². The van der Waals surface area contributed by atoms with Crippen LogP contribution >= 0.6 is 0 Å². The maximum Gasteiger partial charge on any atom is 0.128 e. The summed E-state index contributed by atoms with van der Waals surface area (Å²) in [4.78, 5) is 0. The van der Waals surface area contributed by atoms with Crippen LogP contribution in [-0.2, 0) is 4.74 Å². The molecule has 1 heterocycles. The molecule has 1 aromatic carbocycles. The summed E-state index contributed by atoms with van der Waals surface area (Å²) < 4.78 is 18.9. The maximum absolute atomic E-state index is 13.4. The molecule has 3 heteroatoms. The second kappa shape index (κ2) is 6.12. The molecular formula is C14H19FO2. The number of aliphatic hydroxyl groups excluding tert-OH is 1. The zero-order valence-electron chi connectivity index (χ0n) is 9.94. The molecule has 1 aliphatic rings. The lowest BCUT2D eigenvalue weighted by atomic mass is 10.0. The fraction of sp³-hybridized carbons (Fsp3) is 0.571. The van der Waals surface area contributed by atoms with Gasteiger partial charge in [0.2, 0.25) is 0 Å². The Hall–Kier alpha value is -0.930. The fourth-order valence-corrected chi connectivity index (χ4v) is 2.31. The maximum atomic E-state index is 13.4. The number of hydrogen-bond donors (Lipinski definition) is 1. The number of benzene rings is 1. The molecule has 0 saturated carbocycles. The molecule has 1 fully saturated rings. The van der Waals surface area contributed by atoms with E-state index in [0.29, 0.717) is 18.1 Å². The first-order valence-corrected chi connectivity index (χ1v) is 6.31. The third-order valence-corrected chi connectivity index (χ3v) is 3.29. The summed E-state index contributed by atoms with van der Waals surface area (Å²) in [5, 5.41) is 9.89. The largest absolute Gasteiger partial charge is 0.388 e. The van der Waals surface area contributed by atoms with E-state index in [1.807, 2.05) is 0 Å². The molecule has 2 atom stereocenters. The quantitative estimate of drug-likeness (QED) is 0.853. The molecule has 0 aromatic heterocycles. The highest BCUT2D eigenvalue weighted by Gasteiger charge is 2.17. The molecular weight excluding hydrogens is 219 g/mol. The van der Waals surface area contributed by atoms with Gasteiger partial charge in [0.1, 0.15) is 5.82 Å². The van der Waals surface area contributed by atoms with Gasteiger partial charge in [-0.15, -0.1) is 0 Å². The molecule has 1 aliphatic heterocycles. The zero-order chi connectivity index (χ0) is 12.1. The average Bonchev–Trinajstić information content (AvgIpc) is 2.82. The Bertz CT molecular complexity index is 348. The molecule has 0 amide bonds. The highest BCUT2D eigenvalue weighted by atomic mass is 19.1. The first-order valence-electron chi connectivity index (χ1n) is 6.31. The van der Waals surface area contributed by atoms with Gasteiger partial charge < -0.3 is 9.84 Å². The molecule has 0 spiro atoms. The second-order valence-electron chi connectivity index (χ2n) is 4.60. The van der Waals surface area contributed by atoms with Crippen LogP contribution in [0.1, 0.15) is 43.8 Å². The van der Waals surface area contributed by atoms with E-state index in [4.69, 9.17) is 4.74 Å². The summed E-state index contributed by atoms with van der Waals surface area (Å²) in [7, 11) is 0. The minimum atomic E-state index is -0.697. The van der Waals surface area contributed by atoms with E-state index < -0.39 is 6.10 Å². The van der Waals surface area contributed by atoms with Crippen LogP contribution in [0.2, 0.25) is 0 Å². The molecule has 2 nitrogen and oxygen atoms in total. The lowest BCUT2D eigenvalue weighted by molar-refractivity contribution is 0.0940. The Morgan fingerprint density at radius 3 is 2.94 bits per heavy atom. The summed E-state index contributed by atoms with van der Waals surface area (Å²) in [6, 6.07) is 6.42. The molecule has 0 radical (unpaired) electrons. The molecule has 94 valence electrons. The van der Waals surface area contributed by atoms with E-state index >= 15 is 0 Å². The minimum Gasteiger partial charge on any atom is -0.388 e. The molecule has 0 bridgehead atoms. The van der Waals surface area contributed by atoms with Gasteiger partial charge in [0.15, 0.2) is 0 Å². The van der Waals surface area contributed by atoms with Crippen LogP contribution in [0.25, 0.3) is 0 Å². The molecule has 2 rings (SSSR count). The van der Waals surface area contributed by atoms with Gasteiger partial charge in [0.05, 0.1) is 12.2 Å². The highest BCUT2D eigenvalue weighted by Crippen LogP contribution is 2.24. The number of aliphatic hydroxyl groups is 1. The van der Waals surface area contributed by atoms with Crippen molar-refractivity contribution in [3.8, 4) is 0 Å². The van der Waals surface area contributed by atoms with Gasteiger partial charge in [-0.25, -0.2) is 4.39 Å². The van der Waals surface area contributed by atoms with Crippen LogP contribution in [0.4, 0.5) is 4.39 Å². The van der Waals surface area contributed by atoms with Crippen molar-refractivity contribution in [1.82, 2.24) is 0 Å². The molecule has 17 heavy (non-hydrogen) atoms. The summed E-state index contributed by atoms with van der Waals surface area (Å²) >= 11 is 0. The first-order chi connectivity index (χ1) is 8.27. The van der Waals surface area contributed by atoms with Gasteiger partial charge in [-0.2, -0.15) is 0 Å². The Kier molecular flexibility index (Phi) is 4.51. The number of halogens is 1. The lowest BCUT2D eigenvalue weighted by Crippen LogP contribution is -2.06. The normalized spacial score (nSPS) is 21.6. The van der Waals surface area contributed by atoms with Crippen molar-refractivity contribution in [1.29, 1.82) is 0 Å². The van der Waals surface area contributed by atoms with Crippen molar-refractivity contribution in [3.63, 3.8) is 0 Å². The summed E-state index contributed by atoms with van der Waals surface area (Å²) in [5.74, 6) is -0.322. The van der Waals surface area contributed by atoms with Crippen LogP contribution < -0.4 is 0 Å². The van der Waals surface area contributed by atoms with Gasteiger partial charge in [-0.05, 0) is 38.2 Å². The Morgan fingerprint density at radius 2 is 2.24 bits per heavy atom. The molecule has 1 saturated heterocycles. The number of hydrogen-bond acceptors (Lipinski definition) is 2. The second-order valence-corrected chi connectivity index (χ2v) is 4.60. The topological polar surface area (TPSA) is 29.5 Å². The number of rotatable bonds is 5. The van der Waals surface area contributed by atoms with E-state index in [9.17, 15) is 9.50 Å². The molecule has 2 unspecified atom stereocenters. The van der Waals surface area contributed by atoms with Crippen molar-refractivity contribution >= 4 is 0 Å². The third-order valence-electron chi connectivity index (χ3n) is 3.29. The summed E-state index contributed by atoms with van der Waals surface area (Å²) in [6.07, 6.45) is 4.35. The van der Waals surface area contributed by atoms with Crippen molar-refractivity contribution in [2.45, 2.75) is 44.3 Å². The van der Waals surface area contributed by atoms with E-state index in [-0.39, 0.29) is 5.82 Å². The Labute approximate surface area is 101 Å². The van der Waals surface area contributed by atoms with Crippen LogP contribution in [-0.4, -0.2) is 17.8 Å². The van der Waals surface area contributed by atoms with Gasteiger partial charge in [-0.3, -0.25) is 0 Å². The van der Waals surface area contributed by atoms with Crippen molar-refractivity contribution in [2.24, 2.45) is 0 Å². The predicted molar refractivity (Wildman–Crippen MR) is 64.2 cm³/mol. The molecule has 0 aliphatic carbocycles. The van der Waals surface area contributed by atoms with Crippen molar-refractivity contribution in [3.05, 3.63) is 35.6 Å². The standard InChI is InChI=1S/C14H19FO2/c15-13-8-2-1-7-12(13)14(16)9-3-5-11-6-4-10-17-11/h1-2,7-8,11,14,16H,3-6,9-10H2. The smallest absolute Gasteiger partial charge is 0.128 e. The highest BCUT2D eigenvalue weighted by molar-refractivity contribution is 5.19. The van der Waals surface area contributed by atoms with E-state index in [0.717, 1.165) is 32.3 Å². The third kappa shape index (κ3) is 3.51. The average molecular weight is 238 g/mol.